The van der Waals surface area contributed by atoms with Crippen molar-refractivity contribution in [1.82, 2.24) is 14.9 Å². The van der Waals surface area contributed by atoms with Crippen LogP contribution < -0.4 is 5.32 Å². The number of benzene rings is 1. The molecule has 1 N–H and O–H groups in total. The van der Waals surface area contributed by atoms with E-state index in [0.717, 1.165) is 37.1 Å². The Kier molecular flexibility index (Phi) is 3.87. The second kappa shape index (κ2) is 6.16. The summed E-state index contributed by atoms with van der Waals surface area (Å²) in [5.74, 6) is 0.123. The number of rotatable bonds is 5. The van der Waals surface area contributed by atoms with Crippen molar-refractivity contribution in [3.63, 3.8) is 0 Å². The monoisotopic (exact) mass is 311 g/mol. The van der Waals surface area contributed by atoms with Crippen molar-refractivity contribution in [2.45, 2.75) is 37.8 Å². The maximum absolute atomic E-state index is 11.6. The number of hydrogen-bond donors (Lipinski definition) is 1. The Morgan fingerprint density at radius 1 is 1.30 bits per heavy atom. The molecule has 2 aromatic rings. The van der Waals surface area contributed by atoms with Gasteiger partial charge in [0.1, 0.15) is 0 Å². The highest BCUT2D eigenvalue weighted by molar-refractivity contribution is 5.78. The van der Waals surface area contributed by atoms with Gasteiger partial charge in [0.2, 0.25) is 5.91 Å². The number of carbonyl (C=O) groups is 1. The van der Waals surface area contributed by atoms with E-state index < -0.39 is 0 Å². The molecule has 1 aromatic carbocycles. The third-order valence-electron chi connectivity index (χ3n) is 4.79. The van der Waals surface area contributed by atoms with Crippen LogP contribution in [-0.4, -0.2) is 34.7 Å². The lowest BCUT2D eigenvalue weighted by atomic mass is 10.0. The van der Waals surface area contributed by atoms with Crippen molar-refractivity contribution in [2.24, 2.45) is 0 Å². The van der Waals surface area contributed by atoms with Crippen LogP contribution >= 0.6 is 0 Å². The molecular formula is C18H21N3O2. The third-order valence-corrected chi connectivity index (χ3v) is 4.79. The van der Waals surface area contributed by atoms with E-state index in [1.165, 1.54) is 5.69 Å². The molecule has 2 unspecified atom stereocenters. The van der Waals surface area contributed by atoms with Crippen LogP contribution in [0.5, 0.6) is 0 Å². The number of amides is 1. The van der Waals surface area contributed by atoms with Gasteiger partial charge < -0.3 is 14.6 Å². The zero-order valence-corrected chi connectivity index (χ0v) is 13.1. The number of hydrogen-bond acceptors (Lipinski definition) is 3. The van der Waals surface area contributed by atoms with Crippen molar-refractivity contribution in [1.29, 1.82) is 0 Å². The zero-order chi connectivity index (χ0) is 15.6. The summed E-state index contributed by atoms with van der Waals surface area (Å²) in [7, 11) is 0. The summed E-state index contributed by atoms with van der Waals surface area (Å²) in [6, 6.07) is 10.4. The molecule has 0 radical (unpaired) electrons. The van der Waals surface area contributed by atoms with E-state index in [4.69, 9.17) is 4.74 Å². The number of ether oxygens (including phenoxy) is 1. The highest BCUT2D eigenvalue weighted by Crippen LogP contribution is 2.29. The average Bonchev–Trinajstić information content (AvgIpc) is 3.13. The van der Waals surface area contributed by atoms with Crippen LogP contribution in [0.1, 0.15) is 31.0 Å². The maximum Gasteiger partial charge on any atom is 0.222 e. The summed E-state index contributed by atoms with van der Waals surface area (Å²) >= 11 is 0. The first-order chi connectivity index (χ1) is 11.3. The molecule has 0 spiro atoms. The number of nitrogens with one attached hydrogen (secondary N) is 1. The van der Waals surface area contributed by atoms with Gasteiger partial charge in [-0.1, -0.05) is 30.3 Å². The van der Waals surface area contributed by atoms with E-state index in [2.05, 4.69) is 27.0 Å². The van der Waals surface area contributed by atoms with Gasteiger partial charge in [0.25, 0.3) is 0 Å². The lowest BCUT2D eigenvalue weighted by Gasteiger charge is -2.27. The van der Waals surface area contributed by atoms with Gasteiger partial charge in [-0.3, -0.25) is 4.79 Å². The summed E-state index contributed by atoms with van der Waals surface area (Å²) in [5, 5.41) is 2.92. The van der Waals surface area contributed by atoms with E-state index in [1.807, 2.05) is 24.5 Å². The van der Waals surface area contributed by atoms with Gasteiger partial charge in [0.05, 0.1) is 24.2 Å². The molecule has 3 heterocycles. The van der Waals surface area contributed by atoms with Crippen molar-refractivity contribution in [3.05, 3.63) is 42.4 Å². The zero-order valence-electron chi connectivity index (χ0n) is 13.1. The Labute approximate surface area is 135 Å². The molecule has 1 aromatic heterocycles. The molecule has 2 atom stereocenters. The van der Waals surface area contributed by atoms with Gasteiger partial charge in [-0.05, 0) is 19.3 Å². The average molecular weight is 311 g/mol. The molecule has 0 bridgehead atoms. The fourth-order valence-electron chi connectivity index (χ4n) is 3.38. The SMILES string of the molecule is O=C1CC(n2cnc(-c3ccccc3)c2CCC2CCO2)CN1. The van der Waals surface area contributed by atoms with Crippen molar-refractivity contribution < 1.29 is 9.53 Å². The van der Waals surface area contributed by atoms with Gasteiger partial charge in [-0.15, -0.1) is 0 Å². The van der Waals surface area contributed by atoms with Crippen LogP contribution in [0.3, 0.4) is 0 Å². The number of aromatic nitrogens is 2. The van der Waals surface area contributed by atoms with Crippen LogP contribution in [0.2, 0.25) is 0 Å². The van der Waals surface area contributed by atoms with Crippen LogP contribution in [-0.2, 0) is 16.0 Å². The highest BCUT2D eigenvalue weighted by Gasteiger charge is 2.27. The summed E-state index contributed by atoms with van der Waals surface area (Å²) < 4.78 is 7.75. The summed E-state index contributed by atoms with van der Waals surface area (Å²) in [6.07, 6.45) is 5.91. The fourth-order valence-corrected chi connectivity index (χ4v) is 3.38. The first-order valence-corrected chi connectivity index (χ1v) is 8.30. The normalized spacial score (nSPS) is 23.6. The number of imidazole rings is 1. The summed E-state index contributed by atoms with van der Waals surface area (Å²) in [6.45, 7) is 1.58. The molecule has 120 valence electrons. The van der Waals surface area contributed by atoms with Gasteiger partial charge in [-0.25, -0.2) is 4.98 Å². The molecule has 0 saturated carbocycles. The van der Waals surface area contributed by atoms with E-state index in [-0.39, 0.29) is 11.9 Å². The quantitative estimate of drug-likeness (QED) is 0.922. The molecular weight excluding hydrogens is 290 g/mol. The Morgan fingerprint density at radius 3 is 2.78 bits per heavy atom. The van der Waals surface area contributed by atoms with E-state index in [9.17, 15) is 4.79 Å². The Bertz CT molecular complexity index is 692. The van der Waals surface area contributed by atoms with Gasteiger partial charge in [0, 0.05) is 30.8 Å². The molecule has 4 rings (SSSR count). The van der Waals surface area contributed by atoms with Crippen LogP contribution in [0.15, 0.2) is 36.7 Å². The lowest BCUT2D eigenvalue weighted by molar-refractivity contribution is -0.119. The topological polar surface area (TPSA) is 56.2 Å². The predicted molar refractivity (Wildman–Crippen MR) is 87.0 cm³/mol. The van der Waals surface area contributed by atoms with E-state index >= 15 is 0 Å². The van der Waals surface area contributed by atoms with Crippen LogP contribution in [0, 0.1) is 0 Å². The first kappa shape index (κ1) is 14.5. The number of nitrogens with zero attached hydrogens (tertiary/aromatic N) is 2. The Hall–Kier alpha value is -2.14. The maximum atomic E-state index is 11.6. The predicted octanol–water partition coefficient (Wildman–Crippen LogP) is 2.33. The van der Waals surface area contributed by atoms with Crippen LogP contribution in [0.4, 0.5) is 0 Å². The molecule has 2 aliphatic heterocycles. The Morgan fingerprint density at radius 2 is 2.13 bits per heavy atom. The summed E-state index contributed by atoms with van der Waals surface area (Å²) in [5.41, 5.74) is 3.38. The lowest BCUT2D eigenvalue weighted by Crippen LogP contribution is -2.27. The van der Waals surface area contributed by atoms with Gasteiger partial charge in [-0.2, -0.15) is 0 Å². The fraction of sp³-hybridized carbons (Fsp3) is 0.444. The molecule has 23 heavy (non-hydrogen) atoms. The molecule has 1 amide bonds. The van der Waals surface area contributed by atoms with E-state index in [1.54, 1.807) is 0 Å². The standard InChI is InChI=1S/C18H21N3O2/c22-17-10-14(11-19-17)21-12-20-18(13-4-2-1-3-5-13)16(21)7-6-15-8-9-23-15/h1-5,12,14-15H,6-11H2,(H,19,22). The van der Waals surface area contributed by atoms with Crippen molar-refractivity contribution >= 4 is 5.91 Å². The second-order valence-electron chi connectivity index (χ2n) is 6.30. The smallest absolute Gasteiger partial charge is 0.222 e. The van der Waals surface area contributed by atoms with Crippen molar-refractivity contribution in [3.8, 4) is 11.3 Å². The first-order valence-electron chi connectivity index (χ1n) is 8.30. The van der Waals surface area contributed by atoms with Gasteiger partial charge in [0.15, 0.2) is 0 Å². The minimum absolute atomic E-state index is 0.123. The van der Waals surface area contributed by atoms with E-state index in [0.29, 0.717) is 19.1 Å². The molecule has 2 aliphatic rings. The molecule has 5 heteroatoms. The molecule has 0 aliphatic carbocycles. The number of carbonyl (C=O) groups excluding carboxylic acids is 1. The Balaban J connectivity index is 1.64. The minimum atomic E-state index is 0.123. The van der Waals surface area contributed by atoms with Crippen LogP contribution in [0.25, 0.3) is 11.3 Å². The third kappa shape index (κ3) is 2.88. The second-order valence-corrected chi connectivity index (χ2v) is 6.30. The molecule has 2 saturated heterocycles. The minimum Gasteiger partial charge on any atom is -0.378 e. The molecule has 5 nitrogen and oxygen atoms in total. The summed E-state index contributed by atoms with van der Waals surface area (Å²) in [4.78, 5) is 16.2. The van der Waals surface area contributed by atoms with Gasteiger partial charge >= 0.3 is 0 Å². The highest BCUT2D eigenvalue weighted by atomic mass is 16.5. The molecule has 2 fully saturated rings. The van der Waals surface area contributed by atoms with Crippen molar-refractivity contribution in [2.75, 3.05) is 13.2 Å². The largest absolute Gasteiger partial charge is 0.378 e.